The zero-order valence-corrected chi connectivity index (χ0v) is 14.1. The van der Waals surface area contributed by atoms with Crippen LogP contribution in [0.15, 0.2) is 23.6 Å². The van der Waals surface area contributed by atoms with Crippen molar-refractivity contribution >= 4 is 28.3 Å². The van der Waals surface area contributed by atoms with Crippen LogP contribution in [0.3, 0.4) is 0 Å². The van der Waals surface area contributed by atoms with Crippen molar-refractivity contribution in [3.8, 4) is 11.5 Å². The minimum Gasteiger partial charge on any atom is -0.493 e. The number of hydrogen-bond acceptors (Lipinski definition) is 7. The summed E-state index contributed by atoms with van der Waals surface area (Å²) in [6.45, 7) is -1.13. The van der Waals surface area contributed by atoms with Crippen LogP contribution in [0.5, 0.6) is 11.5 Å². The molecule has 0 aliphatic rings. The second-order valence-corrected chi connectivity index (χ2v) is 5.31. The predicted molar refractivity (Wildman–Crippen MR) is 85.6 cm³/mol. The Morgan fingerprint density at radius 3 is 2.72 bits per heavy atom. The van der Waals surface area contributed by atoms with Crippen LogP contribution in [0.2, 0.25) is 0 Å². The number of aromatic nitrogens is 1. The number of amides is 1. The highest BCUT2D eigenvalue weighted by atomic mass is 32.1. The molecule has 1 aromatic heterocycles. The first kappa shape index (κ1) is 18.6. The standard InChI is InChI=1S/C15H14F2N2O5S/c1-3-23-13(21)9-7-25-15(18-9)19-12(20)8-4-5-10(24-14(16)17)11(6-8)22-2/h4-7,14H,3H2,1-2H3,(H,18,19,20). The summed E-state index contributed by atoms with van der Waals surface area (Å²) in [6.07, 6.45) is 0. The fourth-order valence-corrected chi connectivity index (χ4v) is 2.48. The van der Waals surface area contributed by atoms with E-state index in [0.717, 1.165) is 11.3 Å². The van der Waals surface area contributed by atoms with E-state index in [1.807, 2.05) is 0 Å². The average Bonchev–Trinajstić information content (AvgIpc) is 3.03. The molecule has 0 aliphatic carbocycles. The summed E-state index contributed by atoms with van der Waals surface area (Å²) >= 11 is 1.05. The fourth-order valence-electron chi connectivity index (χ4n) is 1.80. The van der Waals surface area contributed by atoms with Gasteiger partial charge in [-0.3, -0.25) is 10.1 Å². The summed E-state index contributed by atoms with van der Waals surface area (Å²) < 4.78 is 38.6. The molecule has 0 saturated carbocycles. The molecule has 0 spiro atoms. The second-order valence-electron chi connectivity index (χ2n) is 4.46. The van der Waals surface area contributed by atoms with Gasteiger partial charge in [0, 0.05) is 10.9 Å². The van der Waals surface area contributed by atoms with Crippen molar-refractivity contribution in [2.75, 3.05) is 19.0 Å². The number of nitrogens with one attached hydrogen (secondary N) is 1. The Morgan fingerprint density at radius 1 is 1.32 bits per heavy atom. The van der Waals surface area contributed by atoms with Crippen molar-refractivity contribution in [1.82, 2.24) is 4.98 Å². The molecule has 2 aromatic rings. The smallest absolute Gasteiger partial charge is 0.387 e. The number of carbonyl (C=O) groups excluding carboxylic acids is 2. The highest BCUT2D eigenvalue weighted by Crippen LogP contribution is 2.30. The van der Waals surface area contributed by atoms with Gasteiger partial charge < -0.3 is 14.2 Å². The van der Waals surface area contributed by atoms with E-state index in [-0.39, 0.29) is 34.5 Å². The van der Waals surface area contributed by atoms with E-state index in [2.05, 4.69) is 15.0 Å². The van der Waals surface area contributed by atoms with Gasteiger partial charge >= 0.3 is 12.6 Å². The number of carbonyl (C=O) groups is 2. The van der Waals surface area contributed by atoms with Crippen LogP contribution in [0.25, 0.3) is 0 Å². The van der Waals surface area contributed by atoms with Gasteiger partial charge in [-0.1, -0.05) is 0 Å². The first-order valence-electron chi connectivity index (χ1n) is 7.01. The molecule has 7 nitrogen and oxygen atoms in total. The van der Waals surface area contributed by atoms with Crippen LogP contribution < -0.4 is 14.8 Å². The normalized spacial score (nSPS) is 10.4. The Balaban J connectivity index is 2.11. The summed E-state index contributed by atoms with van der Waals surface area (Å²) in [5.74, 6) is -1.34. The topological polar surface area (TPSA) is 86.8 Å². The van der Waals surface area contributed by atoms with Crippen molar-refractivity contribution in [3.05, 3.63) is 34.8 Å². The van der Waals surface area contributed by atoms with E-state index < -0.39 is 18.5 Å². The van der Waals surface area contributed by atoms with Gasteiger partial charge in [0.25, 0.3) is 5.91 Å². The van der Waals surface area contributed by atoms with Gasteiger partial charge in [-0.2, -0.15) is 8.78 Å². The molecule has 1 aromatic carbocycles. The third-order valence-electron chi connectivity index (χ3n) is 2.85. The van der Waals surface area contributed by atoms with Crippen molar-refractivity contribution in [3.63, 3.8) is 0 Å². The van der Waals surface area contributed by atoms with Crippen molar-refractivity contribution < 1.29 is 32.6 Å². The molecule has 25 heavy (non-hydrogen) atoms. The number of benzene rings is 1. The fraction of sp³-hybridized carbons (Fsp3) is 0.267. The van der Waals surface area contributed by atoms with Gasteiger partial charge in [-0.25, -0.2) is 9.78 Å². The number of methoxy groups -OCH3 is 1. The minimum absolute atomic E-state index is 0.0145. The molecular weight excluding hydrogens is 358 g/mol. The lowest BCUT2D eigenvalue weighted by Crippen LogP contribution is -2.13. The first-order valence-corrected chi connectivity index (χ1v) is 7.89. The summed E-state index contributed by atoms with van der Waals surface area (Å²) in [6, 6.07) is 3.76. The molecule has 0 fully saturated rings. The lowest BCUT2D eigenvalue weighted by Gasteiger charge is -2.11. The molecule has 0 aliphatic heterocycles. The number of anilines is 1. The van der Waals surface area contributed by atoms with E-state index in [1.54, 1.807) is 6.92 Å². The van der Waals surface area contributed by atoms with Crippen molar-refractivity contribution in [2.24, 2.45) is 0 Å². The Labute approximate surface area is 145 Å². The minimum atomic E-state index is -3.01. The third kappa shape index (κ3) is 4.86. The number of ether oxygens (including phenoxy) is 3. The molecule has 134 valence electrons. The van der Waals surface area contributed by atoms with E-state index in [9.17, 15) is 18.4 Å². The highest BCUT2D eigenvalue weighted by Gasteiger charge is 2.17. The molecule has 10 heteroatoms. The summed E-state index contributed by atoms with van der Waals surface area (Å²) in [4.78, 5) is 27.7. The van der Waals surface area contributed by atoms with E-state index in [4.69, 9.17) is 9.47 Å². The number of halogens is 2. The van der Waals surface area contributed by atoms with Crippen molar-refractivity contribution in [1.29, 1.82) is 0 Å². The number of esters is 1. The first-order chi connectivity index (χ1) is 11.9. The van der Waals surface area contributed by atoms with Crippen molar-refractivity contribution in [2.45, 2.75) is 13.5 Å². The van der Waals surface area contributed by atoms with Crippen LogP contribution in [0.1, 0.15) is 27.8 Å². The van der Waals surface area contributed by atoms with Gasteiger partial charge in [0.1, 0.15) is 0 Å². The average molecular weight is 372 g/mol. The van der Waals surface area contributed by atoms with E-state index in [1.165, 1.54) is 30.7 Å². The van der Waals surface area contributed by atoms with Gasteiger partial charge in [-0.05, 0) is 25.1 Å². The van der Waals surface area contributed by atoms with E-state index in [0.29, 0.717) is 0 Å². The monoisotopic (exact) mass is 372 g/mol. The molecular formula is C15H14F2N2O5S. The Morgan fingerprint density at radius 2 is 2.08 bits per heavy atom. The molecule has 0 unspecified atom stereocenters. The van der Waals surface area contributed by atoms with Crippen LogP contribution in [0.4, 0.5) is 13.9 Å². The summed E-state index contributed by atoms with van der Waals surface area (Å²) in [5.41, 5.74) is 0.228. The number of nitrogens with zero attached hydrogens (tertiary/aromatic N) is 1. The Bertz CT molecular complexity index is 766. The largest absolute Gasteiger partial charge is 0.493 e. The molecule has 1 N–H and O–H groups in total. The molecule has 0 atom stereocenters. The zero-order valence-electron chi connectivity index (χ0n) is 13.2. The van der Waals surface area contributed by atoms with Crippen LogP contribution >= 0.6 is 11.3 Å². The number of thiazole rings is 1. The predicted octanol–water partition coefficient (Wildman–Crippen LogP) is 3.18. The number of hydrogen-bond donors (Lipinski definition) is 1. The molecule has 1 amide bonds. The maximum Gasteiger partial charge on any atom is 0.387 e. The van der Waals surface area contributed by atoms with Gasteiger partial charge in [0.05, 0.1) is 13.7 Å². The van der Waals surface area contributed by atoms with Gasteiger partial charge in [0.2, 0.25) is 0 Å². The highest BCUT2D eigenvalue weighted by molar-refractivity contribution is 7.14. The summed E-state index contributed by atoms with van der Waals surface area (Å²) in [5, 5.41) is 4.15. The van der Waals surface area contributed by atoms with Crippen LogP contribution in [-0.2, 0) is 4.74 Å². The molecule has 0 saturated heterocycles. The lowest BCUT2D eigenvalue weighted by molar-refractivity contribution is -0.0512. The van der Waals surface area contributed by atoms with Crippen LogP contribution in [0, 0.1) is 0 Å². The molecule has 2 rings (SSSR count). The van der Waals surface area contributed by atoms with Crippen LogP contribution in [-0.4, -0.2) is 37.2 Å². The molecule has 0 bridgehead atoms. The Kier molecular flexibility index (Phi) is 6.23. The second kappa shape index (κ2) is 8.38. The van der Waals surface area contributed by atoms with Gasteiger partial charge in [0.15, 0.2) is 22.3 Å². The third-order valence-corrected chi connectivity index (χ3v) is 3.61. The Hall–Kier alpha value is -2.75. The quantitative estimate of drug-likeness (QED) is 0.751. The SMILES string of the molecule is CCOC(=O)c1csc(NC(=O)c2ccc(OC(F)F)c(OC)c2)n1. The summed E-state index contributed by atoms with van der Waals surface area (Å²) in [7, 11) is 1.27. The number of alkyl halides is 2. The maximum absolute atomic E-state index is 12.3. The lowest BCUT2D eigenvalue weighted by atomic mass is 10.2. The van der Waals surface area contributed by atoms with E-state index >= 15 is 0 Å². The molecule has 0 radical (unpaired) electrons. The number of rotatable bonds is 7. The maximum atomic E-state index is 12.3. The van der Waals surface area contributed by atoms with Gasteiger partial charge in [-0.15, -0.1) is 11.3 Å². The molecule has 1 heterocycles. The zero-order chi connectivity index (χ0) is 18.4.